The summed E-state index contributed by atoms with van der Waals surface area (Å²) in [5.41, 5.74) is 3.94. The molecule has 4 aromatic carbocycles. The highest BCUT2D eigenvalue weighted by Crippen LogP contribution is 2.23. The minimum Gasteiger partial charge on any atom is -0.497 e. The lowest BCUT2D eigenvalue weighted by molar-refractivity contribution is -0.111. The van der Waals surface area contributed by atoms with Gasteiger partial charge in [0, 0.05) is 12.1 Å². The largest absolute Gasteiger partial charge is 0.497 e. The molecule has 5 heteroatoms. The second-order valence-electron chi connectivity index (χ2n) is 7.87. The van der Waals surface area contributed by atoms with Gasteiger partial charge in [0.25, 0.3) is 11.8 Å². The molecule has 0 atom stereocenters. The minimum absolute atomic E-state index is 0.259. The second kappa shape index (κ2) is 11.5. The van der Waals surface area contributed by atoms with Gasteiger partial charge in [0.2, 0.25) is 0 Å². The van der Waals surface area contributed by atoms with Crippen LogP contribution in [0.15, 0.2) is 109 Å². The van der Waals surface area contributed by atoms with Crippen LogP contribution in [0, 0.1) is 0 Å². The SMILES string of the molecule is COc1ccc(C=C(C(=O)Nc2ccccc2C(=O)NCc2ccccc2)c2ccccc2)cc1. The Morgan fingerprint density at radius 3 is 2.09 bits per heavy atom. The van der Waals surface area contributed by atoms with E-state index in [1.807, 2.05) is 91.0 Å². The van der Waals surface area contributed by atoms with Crippen molar-refractivity contribution in [2.75, 3.05) is 12.4 Å². The van der Waals surface area contributed by atoms with Crippen molar-refractivity contribution in [3.05, 3.63) is 131 Å². The van der Waals surface area contributed by atoms with Gasteiger partial charge in [-0.15, -0.1) is 0 Å². The van der Waals surface area contributed by atoms with Crippen LogP contribution < -0.4 is 15.4 Å². The van der Waals surface area contributed by atoms with Crippen LogP contribution in [0.4, 0.5) is 5.69 Å². The number of carbonyl (C=O) groups excluding carboxylic acids is 2. The standard InChI is InChI=1S/C30H26N2O3/c1-35-25-18-16-22(17-19-25)20-27(24-12-6-3-7-13-24)30(34)32-28-15-9-8-14-26(28)29(33)31-21-23-10-4-2-5-11-23/h2-20H,21H2,1H3,(H,31,33)(H,32,34). The Bertz CT molecular complexity index is 1310. The van der Waals surface area contributed by atoms with Crippen LogP contribution in [0.25, 0.3) is 11.6 Å². The van der Waals surface area contributed by atoms with E-state index in [4.69, 9.17) is 4.74 Å². The lowest BCUT2D eigenvalue weighted by atomic mass is 10.0. The van der Waals surface area contributed by atoms with Crippen molar-refractivity contribution in [2.45, 2.75) is 6.54 Å². The van der Waals surface area contributed by atoms with E-state index in [1.54, 1.807) is 31.4 Å². The molecular formula is C30H26N2O3. The molecule has 0 saturated heterocycles. The molecule has 2 amide bonds. The van der Waals surface area contributed by atoms with Crippen LogP contribution in [0.2, 0.25) is 0 Å². The zero-order valence-corrected chi connectivity index (χ0v) is 19.4. The summed E-state index contributed by atoms with van der Waals surface area (Å²) in [6, 6.07) is 33.6. The molecule has 0 aromatic heterocycles. The molecule has 35 heavy (non-hydrogen) atoms. The van der Waals surface area contributed by atoms with E-state index in [-0.39, 0.29) is 11.8 Å². The molecule has 0 saturated carbocycles. The molecule has 0 bridgehead atoms. The van der Waals surface area contributed by atoms with Gasteiger partial charge in [-0.25, -0.2) is 0 Å². The Morgan fingerprint density at radius 1 is 0.771 bits per heavy atom. The number of amides is 2. The Hall–Kier alpha value is -4.64. The van der Waals surface area contributed by atoms with Crippen molar-refractivity contribution in [3.63, 3.8) is 0 Å². The number of para-hydroxylation sites is 1. The molecule has 0 unspecified atom stereocenters. The molecule has 0 aliphatic carbocycles. The first-order valence-electron chi connectivity index (χ1n) is 11.3. The average Bonchev–Trinajstić information content (AvgIpc) is 2.92. The number of ether oxygens (including phenoxy) is 1. The Morgan fingerprint density at radius 2 is 1.40 bits per heavy atom. The topological polar surface area (TPSA) is 67.4 Å². The maximum atomic E-state index is 13.5. The lowest BCUT2D eigenvalue weighted by Crippen LogP contribution is -2.25. The van der Waals surface area contributed by atoms with Crippen molar-refractivity contribution < 1.29 is 14.3 Å². The highest BCUT2D eigenvalue weighted by molar-refractivity contribution is 6.29. The smallest absolute Gasteiger partial charge is 0.256 e. The van der Waals surface area contributed by atoms with Crippen LogP contribution in [0.1, 0.15) is 27.0 Å². The number of rotatable bonds is 8. The quantitative estimate of drug-likeness (QED) is 0.257. The third-order valence-electron chi connectivity index (χ3n) is 5.47. The molecule has 0 spiro atoms. The summed E-state index contributed by atoms with van der Waals surface area (Å²) in [5, 5.41) is 5.86. The van der Waals surface area contributed by atoms with Crippen LogP contribution >= 0.6 is 0 Å². The Kier molecular flexibility index (Phi) is 7.71. The fourth-order valence-corrected chi connectivity index (χ4v) is 3.62. The Labute approximate surface area is 205 Å². The van der Waals surface area contributed by atoms with Crippen molar-refractivity contribution in [1.29, 1.82) is 0 Å². The van der Waals surface area contributed by atoms with Gasteiger partial charge in [0.05, 0.1) is 18.4 Å². The predicted octanol–water partition coefficient (Wildman–Crippen LogP) is 5.80. The third-order valence-corrected chi connectivity index (χ3v) is 5.47. The summed E-state index contributed by atoms with van der Waals surface area (Å²) in [4.78, 5) is 26.4. The predicted molar refractivity (Wildman–Crippen MR) is 140 cm³/mol. The van der Waals surface area contributed by atoms with Crippen molar-refractivity contribution in [3.8, 4) is 5.75 Å². The summed E-state index contributed by atoms with van der Waals surface area (Å²) < 4.78 is 5.23. The van der Waals surface area contributed by atoms with Gasteiger partial charge in [-0.05, 0) is 47.0 Å². The zero-order chi connectivity index (χ0) is 24.5. The van der Waals surface area contributed by atoms with Crippen LogP contribution in [-0.2, 0) is 11.3 Å². The number of hydrogen-bond acceptors (Lipinski definition) is 3. The van der Waals surface area contributed by atoms with Gasteiger partial charge < -0.3 is 15.4 Å². The first-order chi connectivity index (χ1) is 17.1. The monoisotopic (exact) mass is 462 g/mol. The number of hydrogen-bond donors (Lipinski definition) is 2. The molecule has 0 aliphatic heterocycles. The summed E-state index contributed by atoms with van der Waals surface area (Å²) in [7, 11) is 1.61. The molecule has 0 radical (unpaired) electrons. The van der Waals surface area contributed by atoms with Crippen LogP contribution in [-0.4, -0.2) is 18.9 Å². The van der Waals surface area contributed by atoms with E-state index < -0.39 is 0 Å². The van der Waals surface area contributed by atoms with Gasteiger partial charge in [-0.2, -0.15) is 0 Å². The second-order valence-corrected chi connectivity index (χ2v) is 7.87. The number of nitrogens with one attached hydrogen (secondary N) is 2. The number of methoxy groups -OCH3 is 1. The molecule has 2 N–H and O–H groups in total. The van der Waals surface area contributed by atoms with Gasteiger partial charge in [-0.1, -0.05) is 84.9 Å². The molecule has 174 valence electrons. The van der Waals surface area contributed by atoms with E-state index in [9.17, 15) is 9.59 Å². The maximum absolute atomic E-state index is 13.5. The summed E-state index contributed by atoms with van der Waals surface area (Å²) in [6.07, 6.45) is 1.82. The Balaban J connectivity index is 1.58. The molecule has 5 nitrogen and oxygen atoms in total. The minimum atomic E-state index is -0.310. The van der Waals surface area contributed by atoms with Crippen LogP contribution in [0.3, 0.4) is 0 Å². The molecule has 4 rings (SSSR count). The van der Waals surface area contributed by atoms with Gasteiger partial charge in [0.15, 0.2) is 0 Å². The first kappa shape index (κ1) is 23.5. The molecule has 0 fully saturated rings. The number of carbonyl (C=O) groups is 2. The van der Waals surface area contributed by atoms with E-state index >= 15 is 0 Å². The first-order valence-corrected chi connectivity index (χ1v) is 11.3. The molecule has 4 aromatic rings. The summed E-state index contributed by atoms with van der Waals surface area (Å²) >= 11 is 0. The normalized spacial score (nSPS) is 10.9. The summed E-state index contributed by atoms with van der Waals surface area (Å²) in [5.74, 6) is 0.170. The molecular weight excluding hydrogens is 436 g/mol. The summed E-state index contributed by atoms with van der Waals surface area (Å²) in [6.45, 7) is 0.397. The van der Waals surface area contributed by atoms with E-state index in [0.29, 0.717) is 23.4 Å². The average molecular weight is 463 g/mol. The van der Waals surface area contributed by atoms with Crippen molar-refractivity contribution in [1.82, 2.24) is 5.32 Å². The highest BCUT2D eigenvalue weighted by atomic mass is 16.5. The molecule has 0 aliphatic rings. The molecule has 0 heterocycles. The van der Waals surface area contributed by atoms with Crippen LogP contribution in [0.5, 0.6) is 5.75 Å². The highest BCUT2D eigenvalue weighted by Gasteiger charge is 2.17. The fraction of sp³-hybridized carbons (Fsp3) is 0.0667. The zero-order valence-electron chi connectivity index (χ0n) is 19.4. The van der Waals surface area contributed by atoms with Gasteiger partial charge >= 0.3 is 0 Å². The van der Waals surface area contributed by atoms with Gasteiger partial charge in [0.1, 0.15) is 5.75 Å². The van der Waals surface area contributed by atoms with Crippen molar-refractivity contribution >= 4 is 29.2 Å². The fourth-order valence-electron chi connectivity index (χ4n) is 3.62. The lowest BCUT2D eigenvalue weighted by Gasteiger charge is -2.14. The number of benzene rings is 4. The van der Waals surface area contributed by atoms with E-state index in [1.165, 1.54) is 0 Å². The maximum Gasteiger partial charge on any atom is 0.256 e. The van der Waals surface area contributed by atoms with Gasteiger partial charge in [-0.3, -0.25) is 9.59 Å². The number of anilines is 1. The third kappa shape index (κ3) is 6.24. The van der Waals surface area contributed by atoms with Crippen molar-refractivity contribution in [2.24, 2.45) is 0 Å². The van der Waals surface area contributed by atoms with E-state index in [2.05, 4.69) is 10.6 Å². The van der Waals surface area contributed by atoms with E-state index in [0.717, 1.165) is 22.4 Å².